The number of aryl methyl sites for hydroxylation is 1. The molecular weight excluding hydrogens is 262 g/mol. The first-order valence-corrected chi connectivity index (χ1v) is 7.35. The van der Waals surface area contributed by atoms with Crippen molar-refractivity contribution in [2.45, 2.75) is 52.5 Å². The highest BCUT2D eigenvalue weighted by Crippen LogP contribution is 2.18. The van der Waals surface area contributed by atoms with E-state index in [0.29, 0.717) is 6.61 Å². The number of ether oxygens (including phenoxy) is 1. The lowest BCUT2D eigenvalue weighted by molar-refractivity contribution is 0.0990. The number of nitrogens with zero attached hydrogens (tertiary/aromatic N) is 1. The average Bonchev–Trinajstić information content (AvgIpc) is 2.64. The second kappa shape index (κ2) is 7.71. The van der Waals surface area contributed by atoms with Crippen molar-refractivity contribution in [3.63, 3.8) is 0 Å². The molecule has 3 nitrogen and oxygen atoms in total. The number of Topliss-reactive ketones (excluding diaryl/α,β-unsaturated/α-hetero) is 1. The first-order chi connectivity index (χ1) is 8.99. The zero-order valence-corrected chi connectivity index (χ0v) is 13.1. The Morgan fingerprint density at radius 2 is 2.11 bits per heavy atom. The minimum absolute atomic E-state index is 0.00656. The van der Waals surface area contributed by atoms with Crippen molar-refractivity contribution in [1.29, 1.82) is 0 Å². The Morgan fingerprint density at radius 1 is 1.42 bits per heavy atom. The predicted octanol–water partition coefficient (Wildman–Crippen LogP) is 3.73. The summed E-state index contributed by atoms with van der Waals surface area (Å²) in [6, 6.07) is 1.92. The predicted molar refractivity (Wildman–Crippen MR) is 79.3 cm³/mol. The van der Waals surface area contributed by atoms with Crippen LogP contribution in [0.5, 0.6) is 0 Å². The van der Waals surface area contributed by atoms with Crippen LogP contribution in [0.15, 0.2) is 6.07 Å². The molecule has 1 heterocycles. The van der Waals surface area contributed by atoms with Crippen LogP contribution in [0.3, 0.4) is 0 Å². The molecule has 0 aliphatic heterocycles. The monoisotopic (exact) mass is 285 g/mol. The highest BCUT2D eigenvalue weighted by Gasteiger charge is 2.19. The molecule has 1 aromatic heterocycles. The SMILES string of the molecule is CCCCOCCn1c(C)cc(C(=O)C(C)Cl)c1C. The Bertz CT molecular complexity index is 424. The summed E-state index contributed by atoms with van der Waals surface area (Å²) in [7, 11) is 0. The largest absolute Gasteiger partial charge is 0.380 e. The van der Waals surface area contributed by atoms with Crippen LogP contribution in [0.1, 0.15) is 48.4 Å². The maximum Gasteiger partial charge on any atom is 0.182 e. The molecule has 0 saturated carbocycles. The van der Waals surface area contributed by atoms with Crippen LogP contribution >= 0.6 is 11.6 Å². The number of carbonyl (C=O) groups is 1. The number of hydrogen-bond acceptors (Lipinski definition) is 2. The lowest BCUT2D eigenvalue weighted by Gasteiger charge is -2.10. The van der Waals surface area contributed by atoms with Crippen LogP contribution in [-0.2, 0) is 11.3 Å². The van der Waals surface area contributed by atoms with Gasteiger partial charge < -0.3 is 9.30 Å². The van der Waals surface area contributed by atoms with Gasteiger partial charge in [0.05, 0.1) is 12.0 Å². The number of rotatable bonds is 8. The summed E-state index contributed by atoms with van der Waals surface area (Å²) in [6.07, 6.45) is 2.24. The summed E-state index contributed by atoms with van der Waals surface area (Å²) in [5.74, 6) is -0.00656. The number of carbonyl (C=O) groups excluding carboxylic acids is 1. The third-order valence-electron chi connectivity index (χ3n) is 3.30. The Morgan fingerprint density at radius 3 is 2.68 bits per heavy atom. The quantitative estimate of drug-likeness (QED) is 0.414. The van der Waals surface area contributed by atoms with E-state index in [0.717, 1.165) is 42.9 Å². The van der Waals surface area contributed by atoms with E-state index in [-0.39, 0.29) is 5.78 Å². The topological polar surface area (TPSA) is 31.2 Å². The molecule has 1 atom stereocenters. The fraction of sp³-hybridized carbons (Fsp3) is 0.667. The molecule has 19 heavy (non-hydrogen) atoms. The van der Waals surface area contributed by atoms with Crippen LogP contribution in [0.4, 0.5) is 0 Å². The van der Waals surface area contributed by atoms with Gasteiger partial charge in [-0.15, -0.1) is 11.6 Å². The summed E-state index contributed by atoms with van der Waals surface area (Å²) in [6.45, 7) is 10.1. The zero-order chi connectivity index (χ0) is 14.4. The summed E-state index contributed by atoms with van der Waals surface area (Å²) in [5.41, 5.74) is 2.79. The van der Waals surface area contributed by atoms with E-state index >= 15 is 0 Å². The lowest BCUT2D eigenvalue weighted by atomic mass is 10.1. The number of ketones is 1. The molecule has 4 heteroatoms. The maximum absolute atomic E-state index is 12.0. The highest BCUT2D eigenvalue weighted by atomic mass is 35.5. The van der Waals surface area contributed by atoms with Crippen molar-refractivity contribution in [2.75, 3.05) is 13.2 Å². The Kier molecular flexibility index (Phi) is 6.59. The van der Waals surface area contributed by atoms with Gasteiger partial charge in [0.2, 0.25) is 0 Å². The molecule has 1 aromatic rings. The van der Waals surface area contributed by atoms with E-state index in [1.807, 2.05) is 19.9 Å². The van der Waals surface area contributed by atoms with Crippen molar-refractivity contribution >= 4 is 17.4 Å². The molecule has 1 unspecified atom stereocenters. The van der Waals surface area contributed by atoms with E-state index in [1.165, 1.54) is 0 Å². The molecule has 0 aliphatic rings. The minimum Gasteiger partial charge on any atom is -0.380 e. The van der Waals surface area contributed by atoms with Crippen LogP contribution in [0.2, 0.25) is 0 Å². The number of hydrogen-bond donors (Lipinski definition) is 0. The number of unbranched alkanes of at least 4 members (excludes halogenated alkanes) is 1. The minimum atomic E-state index is -0.477. The van der Waals surface area contributed by atoms with Gasteiger partial charge in [-0.3, -0.25) is 4.79 Å². The smallest absolute Gasteiger partial charge is 0.182 e. The van der Waals surface area contributed by atoms with E-state index in [2.05, 4.69) is 11.5 Å². The maximum atomic E-state index is 12.0. The Hall–Kier alpha value is -0.800. The normalized spacial score (nSPS) is 12.7. The van der Waals surface area contributed by atoms with Crippen LogP contribution in [-0.4, -0.2) is 28.9 Å². The van der Waals surface area contributed by atoms with Crippen LogP contribution in [0, 0.1) is 13.8 Å². The van der Waals surface area contributed by atoms with E-state index in [1.54, 1.807) is 6.92 Å². The van der Waals surface area contributed by atoms with Crippen LogP contribution in [0.25, 0.3) is 0 Å². The van der Waals surface area contributed by atoms with Gasteiger partial charge in [0.15, 0.2) is 5.78 Å². The van der Waals surface area contributed by atoms with Crippen molar-refractivity contribution in [1.82, 2.24) is 4.57 Å². The summed E-state index contributed by atoms with van der Waals surface area (Å²) in [4.78, 5) is 12.0. The van der Waals surface area contributed by atoms with Gasteiger partial charge in [-0.1, -0.05) is 13.3 Å². The first-order valence-electron chi connectivity index (χ1n) is 6.91. The molecule has 0 saturated heterocycles. The van der Waals surface area contributed by atoms with Gasteiger partial charge in [0.25, 0.3) is 0 Å². The Balaban J connectivity index is 2.67. The van der Waals surface area contributed by atoms with Gasteiger partial charge in [0.1, 0.15) is 0 Å². The van der Waals surface area contributed by atoms with Crippen LogP contribution < -0.4 is 0 Å². The van der Waals surface area contributed by atoms with Crippen molar-refractivity contribution in [3.8, 4) is 0 Å². The van der Waals surface area contributed by atoms with Gasteiger partial charge in [-0.05, 0) is 33.3 Å². The number of aromatic nitrogens is 1. The van der Waals surface area contributed by atoms with Gasteiger partial charge in [-0.2, -0.15) is 0 Å². The second-order valence-corrected chi connectivity index (χ2v) is 5.54. The first kappa shape index (κ1) is 16.3. The van der Waals surface area contributed by atoms with E-state index in [4.69, 9.17) is 16.3 Å². The summed E-state index contributed by atoms with van der Waals surface area (Å²) in [5, 5.41) is -0.477. The fourth-order valence-corrected chi connectivity index (χ4v) is 2.23. The van der Waals surface area contributed by atoms with Gasteiger partial charge in [-0.25, -0.2) is 0 Å². The molecule has 0 bridgehead atoms. The molecule has 108 valence electrons. The van der Waals surface area contributed by atoms with Gasteiger partial charge >= 0.3 is 0 Å². The molecule has 0 amide bonds. The summed E-state index contributed by atoms with van der Waals surface area (Å²) < 4.78 is 7.70. The third kappa shape index (κ3) is 4.36. The molecular formula is C15H24ClNO2. The molecule has 0 aliphatic carbocycles. The van der Waals surface area contributed by atoms with Gasteiger partial charge in [0, 0.05) is 30.1 Å². The van der Waals surface area contributed by atoms with Crippen molar-refractivity contribution in [2.24, 2.45) is 0 Å². The van der Waals surface area contributed by atoms with Crippen molar-refractivity contribution < 1.29 is 9.53 Å². The van der Waals surface area contributed by atoms with E-state index in [9.17, 15) is 4.79 Å². The Labute approximate surface area is 120 Å². The average molecular weight is 286 g/mol. The number of halogens is 1. The third-order valence-corrected chi connectivity index (χ3v) is 3.50. The zero-order valence-electron chi connectivity index (χ0n) is 12.3. The molecule has 0 spiro atoms. The molecule has 1 rings (SSSR count). The highest BCUT2D eigenvalue weighted by molar-refractivity contribution is 6.33. The molecule has 0 N–H and O–H groups in total. The second-order valence-electron chi connectivity index (χ2n) is 4.88. The fourth-order valence-electron chi connectivity index (χ4n) is 2.11. The molecule has 0 aromatic carbocycles. The lowest BCUT2D eigenvalue weighted by Crippen LogP contribution is -2.13. The number of alkyl halides is 1. The summed E-state index contributed by atoms with van der Waals surface area (Å²) >= 11 is 5.87. The molecule has 0 radical (unpaired) electrons. The van der Waals surface area contributed by atoms with E-state index < -0.39 is 5.38 Å². The molecule has 0 fully saturated rings. The van der Waals surface area contributed by atoms with Crippen molar-refractivity contribution in [3.05, 3.63) is 23.0 Å². The standard InChI is InChI=1S/C15H24ClNO2/c1-5-6-8-19-9-7-17-11(2)10-14(13(17)4)15(18)12(3)16/h10,12H,5-9H2,1-4H3.